The van der Waals surface area contributed by atoms with Gasteiger partial charge in [-0.3, -0.25) is 14.6 Å². The zero-order valence-corrected chi connectivity index (χ0v) is 12.0. The SMILES string of the molecule is C[C@H](NC(=O)c1ccccn1)c1ccc2c(c1)NC(=O)CO2. The first-order valence-electron chi connectivity index (χ1n) is 6.92. The Hall–Kier alpha value is -2.89. The third-order valence-electron chi connectivity index (χ3n) is 3.38. The minimum absolute atomic E-state index is 0.0261. The van der Waals surface area contributed by atoms with Crippen molar-refractivity contribution in [1.29, 1.82) is 0 Å². The van der Waals surface area contributed by atoms with Crippen molar-refractivity contribution >= 4 is 17.5 Å². The van der Waals surface area contributed by atoms with E-state index in [4.69, 9.17) is 4.74 Å². The molecule has 112 valence electrons. The van der Waals surface area contributed by atoms with E-state index in [1.807, 2.05) is 13.0 Å². The third-order valence-corrected chi connectivity index (χ3v) is 3.38. The Morgan fingerprint density at radius 3 is 3.00 bits per heavy atom. The largest absolute Gasteiger partial charge is 0.482 e. The van der Waals surface area contributed by atoms with E-state index in [9.17, 15) is 9.59 Å². The van der Waals surface area contributed by atoms with Crippen LogP contribution in [-0.2, 0) is 4.79 Å². The topological polar surface area (TPSA) is 80.3 Å². The number of pyridine rings is 1. The molecule has 0 bridgehead atoms. The van der Waals surface area contributed by atoms with Gasteiger partial charge in [-0.25, -0.2) is 0 Å². The van der Waals surface area contributed by atoms with E-state index in [0.29, 0.717) is 17.1 Å². The Balaban J connectivity index is 1.75. The molecule has 0 aliphatic carbocycles. The van der Waals surface area contributed by atoms with Gasteiger partial charge in [-0.1, -0.05) is 12.1 Å². The monoisotopic (exact) mass is 297 g/mol. The summed E-state index contributed by atoms with van der Waals surface area (Å²) < 4.78 is 5.31. The summed E-state index contributed by atoms with van der Waals surface area (Å²) in [6.07, 6.45) is 1.57. The van der Waals surface area contributed by atoms with E-state index < -0.39 is 0 Å². The fourth-order valence-electron chi connectivity index (χ4n) is 2.22. The van der Waals surface area contributed by atoms with Crippen molar-refractivity contribution in [3.63, 3.8) is 0 Å². The third kappa shape index (κ3) is 2.90. The van der Waals surface area contributed by atoms with Crippen LogP contribution in [0.1, 0.15) is 29.0 Å². The normalized spacial score (nSPS) is 14.3. The van der Waals surface area contributed by atoms with Crippen molar-refractivity contribution in [2.75, 3.05) is 11.9 Å². The summed E-state index contributed by atoms with van der Waals surface area (Å²) in [7, 11) is 0. The van der Waals surface area contributed by atoms with Gasteiger partial charge in [-0.05, 0) is 36.8 Å². The molecule has 2 N–H and O–H groups in total. The maximum atomic E-state index is 12.1. The molecule has 22 heavy (non-hydrogen) atoms. The lowest BCUT2D eigenvalue weighted by Gasteiger charge is -2.20. The minimum Gasteiger partial charge on any atom is -0.482 e. The number of anilines is 1. The van der Waals surface area contributed by atoms with E-state index in [1.165, 1.54) is 0 Å². The molecular formula is C16H15N3O3. The highest BCUT2D eigenvalue weighted by atomic mass is 16.5. The molecule has 0 unspecified atom stereocenters. The second-order valence-electron chi connectivity index (χ2n) is 5.00. The summed E-state index contributed by atoms with van der Waals surface area (Å²) in [6.45, 7) is 1.90. The maximum absolute atomic E-state index is 12.1. The smallest absolute Gasteiger partial charge is 0.270 e. The van der Waals surface area contributed by atoms with Crippen LogP contribution in [0.15, 0.2) is 42.6 Å². The van der Waals surface area contributed by atoms with Crippen LogP contribution in [0.5, 0.6) is 5.75 Å². The number of nitrogens with one attached hydrogen (secondary N) is 2. The number of ether oxygens (including phenoxy) is 1. The molecule has 0 fully saturated rings. The van der Waals surface area contributed by atoms with Crippen LogP contribution >= 0.6 is 0 Å². The second-order valence-corrected chi connectivity index (χ2v) is 5.00. The fraction of sp³-hybridized carbons (Fsp3) is 0.188. The number of carbonyl (C=O) groups is 2. The van der Waals surface area contributed by atoms with E-state index in [0.717, 1.165) is 5.56 Å². The molecule has 0 radical (unpaired) electrons. The summed E-state index contributed by atoms with van der Waals surface area (Å²) in [5.74, 6) is 0.201. The number of amides is 2. The lowest BCUT2D eigenvalue weighted by molar-refractivity contribution is -0.118. The van der Waals surface area contributed by atoms with Crippen LogP contribution in [0.3, 0.4) is 0 Å². The van der Waals surface area contributed by atoms with Crippen molar-refractivity contribution in [2.24, 2.45) is 0 Å². The van der Waals surface area contributed by atoms with Crippen LogP contribution in [0.2, 0.25) is 0 Å². The van der Waals surface area contributed by atoms with Gasteiger partial charge in [0.05, 0.1) is 11.7 Å². The molecule has 6 heteroatoms. The Morgan fingerprint density at radius 2 is 2.23 bits per heavy atom. The molecule has 2 amide bonds. The number of hydrogen-bond acceptors (Lipinski definition) is 4. The van der Waals surface area contributed by atoms with Crippen molar-refractivity contribution in [3.8, 4) is 5.75 Å². The van der Waals surface area contributed by atoms with Gasteiger partial charge in [0.2, 0.25) is 0 Å². The molecule has 3 rings (SSSR count). The number of carbonyl (C=O) groups excluding carboxylic acids is 2. The Bertz CT molecular complexity index is 716. The van der Waals surface area contributed by atoms with Crippen molar-refractivity contribution in [2.45, 2.75) is 13.0 Å². The highest BCUT2D eigenvalue weighted by Gasteiger charge is 2.18. The molecule has 1 atom stereocenters. The molecular weight excluding hydrogens is 282 g/mol. The summed E-state index contributed by atoms with van der Waals surface area (Å²) in [4.78, 5) is 27.5. The zero-order chi connectivity index (χ0) is 15.5. The fourth-order valence-corrected chi connectivity index (χ4v) is 2.22. The lowest BCUT2D eigenvalue weighted by atomic mass is 10.1. The van der Waals surface area contributed by atoms with Crippen LogP contribution in [0.25, 0.3) is 0 Å². The Labute approximate surface area is 127 Å². The first-order chi connectivity index (χ1) is 10.6. The molecule has 0 saturated carbocycles. The van der Waals surface area contributed by atoms with Gasteiger partial charge < -0.3 is 15.4 Å². The van der Waals surface area contributed by atoms with Gasteiger partial charge in [0, 0.05) is 6.20 Å². The molecule has 1 aromatic carbocycles. The average Bonchev–Trinajstić information content (AvgIpc) is 2.54. The minimum atomic E-state index is -0.244. The van der Waals surface area contributed by atoms with Crippen LogP contribution in [-0.4, -0.2) is 23.4 Å². The van der Waals surface area contributed by atoms with E-state index in [-0.39, 0.29) is 24.5 Å². The van der Waals surface area contributed by atoms with E-state index in [1.54, 1.807) is 36.5 Å². The molecule has 1 aromatic heterocycles. The molecule has 0 saturated heterocycles. The predicted octanol–water partition coefficient (Wildman–Crippen LogP) is 1.90. The summed E-state index contributed by atoms with van der Waals surface area (Å²) in [5.41, 5.74) is 1.85. The van der Waals surface area contributed by atoms with Crippen molar-refractivity contribution in [3.05, 3.63) is 53.9 Å². The number of fused-ring (bicyclic) bond motifs is 1. The summed E-state index contributed by atoms with van der Waals surface area (Å²) >= 11 is 0. The summed E-state index contributed by atoms with van der Waals surface area (Å²) in [6, 6.07) is 10.4. The molecule has 2 heterocycles. The molecule has 1 aliphatic rings. The number of benzene rings is 1. The molecule has 0 spiro atoms. The number of rotatable bonds is 3. The number of aromatic nitrogens is 1. The van der Waals surface area contributed by atoms with E-state index in [2.05, 4.69) is 15.6 Å². The van der Waals surface area contributed by atoms with Crippen LogP contribution in [0, 0.1) is 0 Å². The van der Waals surface area contributed by atoms with E-state index >= 15 is 0 Å². The Kier molecular flexibility index (Phi) is 3.74. The number of hydrogen-bond donors (Lipinski definition) is 2. The van der Waals surface area contributed by atoms with Gasteiger partial charge in [0.15, 0.2) is 6.61 Å². The van der Waals surface area contributed by atoms with Crippen LogP contribution in [0.4, 0.5) is 5.69 Å². The first-order valence-corrected chi connectivity index (χ1v) is 6.92. The maximum Gasteiger partial charge on any atom is 0.270 e. The zero-order valence-electron chi connectivity index (χ0n) is 12.0. The quantitative estimate of drug-likeness (QED) is 0.906. The number of nitrogens with zero attached hydrogens (tertiary/aromatic N) is 1. The Morgan fingerprint density at radius 1 is 1.36 bits per heavy atom. The average molecular weight is 297 g/mol. The highest BCUT2D eigenvalue weighted by Crippen LogP contribution is 2.30. The van der Waals surface area contributed by atoms with Crippen LogP contribution < -0.4 is 15.4 Å². The van der Waals surface area contributed by atoms with Gasteiger partial charge in [0.25, 0.3) is 11.8 Å². The van der Waals surface area contributed by atoms with Crippen molar-refractivity contribution < 1.29 is 14.3 Å². The predicted molar refractivity (Wildman–Crippen MR) is 80.7 cm³/mol. The molecule has 6 nitrogen and oxygen atoms in total. The first kappa shape index (κ1) is 14.1. The second kappa shape index (κ2) is 5.85. The molecule has 1 aliphatic heterocycles. The molecule has 2 aromatic rings. The highest BCUT2D eigenvalue weighted by molar-refractivity contribution is 5.95. The lowest BCUT2D eigenvalue weighted by Crippen LogP contribution is -2.28. The van der Waals surface area contributed by atoms with Gasteiger partial charge >= 0.3 is 0 Å². The van der Waals surface area contributed by atoms with Gasteiger partial charge in [-0.15, -0.1) is 0 Å². The van der Waals surface area contributed by atoms with Crippen molar-refractivity contribution in [1.82, 2.24) is 10.3 Å². The van der Waals surface area contributed by atoms with Gasteiger partial charge in [-0.2, -0.15) is 0 Å². The summed E-state index contributed by atoms with van der Waals surface area (Å²) in [5, 5.41) is 5.63. The standard InChI is InChI=1S/C16H15N3O3/c1-10(18-16(21)12-4-2-3-7-17-12)11-5-6-14-13(8-11)19-15(20)9-22-14/h2-8,10H,9H2,1H3,(H,18,21)(H,19,20)/t10-/m0/s1. The van der Waals surface area contributed by atoms with Gasteiger partial charge in [0.1, 0.15) is 11.4 Å².